The van der Waals surface area contributed by atoms with Gasteiger partial charge in [0.15, 0.2) is 0 Å². The molecule has 0 saturated carbocycles. The Morgan fingerprint density at radius 3 is 2.56 bits per heavy atom. The number of ether oxygens (including phenoxy) is 1. The highest BCUT2D eigenvalue weighted by atomic mass is 19.4. The molecule has 0 bridgehead atoms. The Hall–Kier alpha value is -2.18. The van der Waals surface area contributed by atoms with E-state index in [0.717, 1.165) is 12.1 Å². The Labute approximate surface area is 98.6 Å². The summed E-state index contributed by atoms with van der Waals surface area (Å²) in [6.45, 7) is 0. The highest BCUT2D eigenvalue weighted by Gasteiger charge is 2.35. The van der Waals surface area contributed by atoms with Crippen molar-refractivity contribution in [1.29, 1.82) is 0 Å². The predicted octanol–water partition coefficient (Wildman–Crippen LogP) is 3.16. The van der Waals surface area contributed by atoms with Crippen molar-refractivity contribution >= 4 is 16.9 Å². The second-order valence-electron chi connectivity index (χ2n) is 3.50. The fourth-order valence-electron chi connectivity index (χ4n) is 1.61. The molecule has 0 unspecified atom stereocenters. The number of methoxy groups -OCH3 is 1. The molecule has 1 heterocycles. The third-order valence-electron chi connectivity index (χ3n) is 2.43. The van der Waals surface area contributed by atoms with Gasteiger partial charge in [0, 0.05) is 5.39 Å². The highest BCUT2D eigenvalue weighted by Crippen LogP contribution is 2.38. The van der Waals surface area contributed by atoms with Gasteiger partial charge in [0.2, 0.25) is 0 Å². The predicted molar refractivity (Wildman–Crippen MR) is 54.7 cm³/mol. The first-order valence-electron chi connectivity index (χ1n) is 4.74. The molecule has 1 N–H and O–H groups in total. The van der Waals surface area contributed by atoms with Gasteiger partial charge >= 0.3 is 12.1 Å². The lowest BCUT2D eigenvalue weighted by atomic mass is 10.1. The maximum absolute atomic E-state index is 12.6. The molecular formula is C11H7F3O4. The van der Waals surface area contributed by atoms with Crippen molar-refractivity contribution < 1.29 is 32.2 Å². The number of fused-ring (bicyclic) bond motifs is 1. The highest BCUT2D eigenvalue weighted by molar-refractivity contribution is 5.97. The summed E-state index contributed by atoms with van der Waals surface area (Å²) in [6.07, 6.45) is -4.02. The third-order valence-corrected chi connectivity index (χ3v) is 2.43. The molecular weight excluding hydrogens is 253 g/mol. The first kappa shape index (κ1) is 12.3. The summed E-state index contributed by atoms with van der Waals surface area (Å²) in [5, 5.41) is 8.65. The molecule has 0 fully saturated rings. The molecule has 4 nitrogen and oxygen atoms in total. The Morgan fingerprint density at radius 1 is 1.39 bits per heavy atom. The average molecular weight is 260 g/mol. The largest absolute Gasteiger partial charge is 0.496 e. The lowest BCUT2D eigenvalue weighted by Crippen LogP contribution is -2.04. The lowest BCUT2D eigenvalue weighted by molar-refractivity contribution is -0.136. The van der Waals surface area contributed by atoms with Gasteiger partial charge in [-0.25, -0.2) is 4.79 Å². The summed E-state index contributed by atoms with van der Waals surface area (Å²) in [7, 11) is 1.18. The van der Waals surface area contributed by atoms with E-state index in [1.165, 1.54) is 7.11 Å². The Kier molecular flexibility index (Phi) is 2.68. The zero-order valence-electron chi connectivity index (χ0n) is 9.04. The topological polar surface area (TPSA) is 59.7 Å². The number of halogens is 3. The number of alkyl halides is 3. The second-order valence-corrected chi connectivity index (χ2v) is 3.50. The Bertz CT molecular complexity index is 613. The molecule has 0 atom stereocenters. The molecule has 2 rings (SSSR count). The van der Waals surface area contributed by atoms with Gasteiger partial charge in [0.25, 0.3) is 0 Å². The van der Waals surface area contributed by atoms with Crippen molar-refractivity contribution in [3.05, 3.63) is 29.5 Å². The van der Waals surface area contributed by atoms with Crippen molar-refractivity contribution in [1.82, 2.24) is 0 Å². The summed E-state index contributed by atoms with van der Waals surface area (Å²) >= 11 is 0. The van der Waals surface area contributed by atoms with Crippen LogP contribution < -0.4 is 4.74 Å². The van der Waals surface area contributed by atoms with Gasteiger partial charge in [-0.1, -0.05) is 0 Å². The molecule has 0 amide bonds. The first-order chi connectivity index (χ1) is 8.34. The zero-order chi connectivity index (χ0) is 13.5. The molecule has 0 aliphatic rings. The van der Waals surface area contributed by atoms with Crippen LogP contribution in [-0.2, 0) is 6.18 Å². The monoisotopic (exact) mass is 260 g/mol. The number of rotatable bonds is 2. The minimum atomic E-state index is -4.57. The van der Waals surface area contributed by atoms with Gasteiger partial charge in [-0.3, -0.25) is 0 Å². The van der Waals surface area contributed by atoms with Crippen LogP contribution in [0.4, 0.5) is 13.2 Å². The Balaban J connectivity index is 2.74. The van der Waals surface area contributed by atoms with E-state index >= 15 is 0 Å². The summed E-state index contributed by atoms with van der Waals surface area (Å²) in [5.41, 5.74) is -1.37. The number of hydrogen-bond acceptors (Lipinski definition) is 3. The SMILES string of the molecule is COc1cc2c(C(F)(F)F)coc2cc1C(=O)O. The van der Waals surface area contributed by atoms with E-state index in [0.29, 0.717) is 6.26 Å². The number of benzene rings is 1. The van der Waals surface area contributed by atoms with Gasteiger partial charge < -0.3 is 14.3 Å². The number of aromatic carboxylic acids is 1. The van der Waals surface area contributed by atoms with Crippen LogP contribution in [0.25, 0.3) is 11.0 Å². The number of furan rings is 1. The fraction of sp³-hybridized carbons (Fsp3) is 0.182. The van der Waals surface area contributed by atoms with Crippen LogP contribution in [-0.4, -0.2) is 18.2 Å². The van der Waals surface area contributed by atoms with Gasteiger partial charge in [-0.15, -0.1) is 0 Å². The van der Waals surface area contributed by atoms with E-state index in [2.05, 4.69) is 0 Å². The maximum Gasteiger partial charge on any atom is 0.420 e. The molecule has 7 heteroatoms. The number of carbonyl (C=O) groups is 1. The van der Waals surface area contributed by atoms with E-state index < -0.39 is 17.7 Å². The van der Waals surface area contributed by atoms with Crippen LogP contribution in [0.15, 0.2) is 22.8 Å². The molecule has 0 aliphatic heterocycles. The lowest BCUT2D eigenvalue weighted by Gasteiger charge is -2.06. The van der Waals surface area contributed by atoms with E-state index in [-0.39, 0.29) is 22.3 Å². The van der Waals surface area contributed by atoms with Crippen LogP contribution in [0.2, 0.25) is 0 Å². The normalized spacial score (nSPS) is 11.8. The molecule has 18 heavy (non-hydrogen) atoms. The average Bonchev–Trinajstić information content (AvgIpc) is 2.69. The molecule has 0 radical (unpaired) electrons. The second kappa shape index (κ2) is 3.94. The van der Waals surface area contributed by atoms with E-state index in [9.17, 15) is 18.0 Å². The molecule has 0 saturated heterocycles. The molecule has 0 spiro atoms. The van der Waals surface area contributed by atoms with E-state index in [1.807, 2.05) is 0 Å². The smallest absolute Gasteiger partial charge is 0.420 e. The van der Waals surface area contributed by atoms with Crippen molar-refractivity contribution in [2.45, 2.75) is 6.18 Å². The van der Waals surface area contributed by atoms with Crippen molar-refractivity contribution in [3.8, 4) is 5.75 Å². The molecule has 96 valence electrons. The number of carboxylic acid groups (broad SMARTS) is 1. The Morgan fingerprint density at radius 2 is 2.06 bits per heavy atom. The van der Waals surface area contributed by atoms with Crippen molar-refractivity contribution in [2.75, 3.05) is 7.11 Å². The van der Waals surface area contributed by atoms with Gasteiger partial charge in [-0.05, 0) is 12.1 Å². The summed E-state index contributed by atoms with van der Waals surface area (Å²) in [6, 6.07) is 2.01. The van der Waals surface area contributed by atoms with Crippen LogP contribution in [0.1, 0.15) is 15.9 Å². The quantitative estimate of drug-likeness (QED) is 0.900. The first-order valence-corrected chi connectivity index (χ1v) is 4.74. The minimum Gasteiger partial charge on any atom is -0.496 e. The minimum absolute atomic E-state index is 0.151. The fourth-order valence-corrected chi connectivity index (χ4v) is 1.61. The van der Waals surface area contributed by atoms with Gasteiger partial charge in [0.05, 0.1) is 7.11 Å². The molecule has 1 aromatic carbocycles. The van der Waals surface area contributed by atoms with Crippen molar-refractivity contribution in [2.24, 2.45) is 0 Å². The van der Waals surface area contributed by atoms with Gasteiger partial charge in [0.1, 0.15) is 28.7 Å². The summed E-state index contributed by atoms with van der Waals surface area (Å²) < 4.78 is 47.4. The summed E-state index contributed by atoms with van der Waals surface area (Å²) in [5.74, 6) is -1.46. The van der Waals surface area contributed by atoms with Crippen LogP contribution in [0.3, 0.4) is 0 Å². The maximum atomic E-state index is 12.6. The zero-order valence-corrected chi connectivity index (χ0v) is 9.04. The molecule has 2 aromatic rings. The van der Waals surface area contributed by atoms with Crippen LogP contribution in [0.5, 0.6) is 5.75 Å². The van der Waals surface area contributed by atoms with Crippen LogP contribution in [0, 0.1) is 0 Å². The van der Waals surface area contributed by atoms with Crippen LogP contribution >= 0.6 is 0 Å². The van der Waals surface area contributed by atoms with E-state index in [4.69, 9.17) is 14.3 Å². The number of hydrogen-bond donors (Lipinski definition) is 1. The molecule has 0 aliphatic carbocycles. The van der Waals surface area contributed by atoms with Gasteiger partial charge in [-0.2, -0.15) is 13.2 Å². The van der Waals surface area contributed by atoms with Crippen molar-refractivity contribution in [3.63, 3.8) is 0 Å². The third kappa shape index (κ3) is 1.87. The number of carboxylic acids is 1. The van der Waals surface area contributed by atoms with E-state index in [1.54, 1.807) is 0 Å². The summed E-state index contributed by atoms with van der Waals surface area (Å²) in [4.78, 5) is 10.9. The molecule has 1 aromatic heterocycles. The standard InChI is InChI=1S/C11H7F3O4/c1-17-8-2-5-7(11(12,13)14)4-18-9(5)3-6(8)10(15)16/h2-4H,1H3,(H,15,16).